The van der Waals surface area contributed by atoms with Crippen LogP contribution in [0.1, 0.15) is 24.9 Å². The quantitative estimate of drug-likeness (QED) is 0.825. The number of hydrogen-bond donors (Lipinski definition) is 1. The lowest BCUT2D eigenvalue weighted by Crippen LogP contribution is -2.28. The molecule has 1 rings (SSSR count). The third kappa shape index (κ3) is 4.77. The molecule has 0 fully saturated rings. The molecule has 1 aromatic rings. The Morgan fingerprint density at radius 1 is 1.25 bits per heavy atom. The van der Waals surface area contributed by atoms with Gasteiger partial charge in [-0.2, -0.15) is 0 Å². The van der Waals surface area contributed by atoms with Gasteiger partial charge in [-0.05, 0) is 18.5 Å². The lowest BCUT2D eigenvalue weighted by atomic mass is 10.1. The van der Waals surface area contributed by atoms with Crippen molar-refractivity contribution in [2.24, 2.45) is 0 Å². The second kappa shape index (κ2) is 6.01. The lowest BCUT2D eigenvalue weighted by Gasteiger charge is -2.17. The second-order valence-electron chi connectivity index (χ2n) is 4.01. The predicted molar refractivity (Wildman–Crippen MR) is 67.2 cm³/mol. The first-order valence-electron chi connectivity index (χ1n) is 5.49. The molecule has 0 aliphatic carbocycles. The molecule has 1 atom stereocenters. The van der Waals surface area contributed by atoms with Crippen LogP contribution in [0.2, 0.25) is 0 Å². The van der Waals surface area contributed by atoms with E-state index in [1.165, 1.54) is 6.26 Å². The standard InChI is InChI=1S/C12H19NO2S/c1-3-9-13-12(10-16(2,14)15)11-7-5-4-6-8-11/h4-8,12-13H,3,9-10H2,1-2H3. The SMILES string of the molecule is CCCNC(CS(C)(=O)=O)c1ccccc1. The number of benzene rings is 1. The van der Waals surface area contributed by atoms with Gasteiger partial charge in [0.25, 0.3) is 0 Å². The Hall–Kier alpha value is -0.870. The Balaban J connectivity index is 2.79. The average molecular weight is 241 g/mol. The number of sulfone groups is 1. The molecule has 0 heterocycles. The summed E-state index contributed by atoms with van der Waals surface area (Å²) < 4.78 is 22.7. The normalized spacial score (nSPS) is 13.6. The zero-order chi connectivity index (χ0) is 12.0. The van der Waals surface area contributed by atoms with Crippen molar-refractivity contribution >= 4 is 9.84 Å². The van der Waals surface area contributed by atoms with Crippen molar-refractivity contribution in [3.05, 3.63) is 35.9 Å². The van der Waals surface area contributed by atoms with Gasteiger partial charge in [0.05, 0.1) is 5.75 Å². The lowest BCUT2D eigenvalue weighted by molar-refractivity contribution is 0.549. The Labute approximate surface area is 97.8 Å². The fraction of sp³-hybridized carbons (Fsp3) is 0.500. The molecule has 1 N–H and O–H groups in total. The Morgan fingerprint density at radius 2 is 1.88 bits per heavy atom. The van der Waals surface area contributed by atoms with E-state index in [0.29, 0.717) is 0 Å². The summed E-state index contributed by atoms with van der Waals surface area (Å²) in [6.45, 7) is 2.89. The molecular formula is C12H19NO2S. The summed E-state index contributed by atoms with van der Waals surface area (Å²) in [6, 6.07) is 9.60. The zero-order valence-electron chi connectivity index (χ0n) is 9.81. The van der Waals surface area contributed by atoms with Gasteiger partial charge in [0, 0.05) is 12.3 Å². The van der Waals surface area contributed by atoms with E-state index in [-0.39, 0.29) is 11.8 Å². The molecule has 1 unspecified atom stereocenters. The molecule has 0 spiro atoms. The molecule has 0 saturated carbocycles. The van der Waals surface area contributed by atoms with E-state index in [0.717, 1.165) is 18.5 Å². The second-order valence-corrected chi connectivity index (χ2v) is 6.19. The van der Waals surface area contributed by atoms with Gasteiger partial charge in [0.2, 0.25) is 0 Å². The van der Waals surface area contributed by atoms with Gasteiger partial charge >= 0.3 is 0 Å². The van der Waals surface area contributed by atoms with Crippen LogP contribution in [0.5, 0.6) is 0 Å². The fourth-order valence-corrected chi connectivity index (χ4v) is 2.50. The molecule has 3 nitrogen and oxygen atoms in total. The molecule has 0 aromatic heterocycles. The number of hydrogen-bond acceptors (Lipinski definition) is 3. The topological polar surface area (TPSA) is 46.2 Å². The van der Waals surface area contributed by atoms with Crippen LogP contribution < -0.4 is 5.32 Å². The third-order valence-electron chi connectivity index (χ3n) is 2.31. The van der Waals surface area contributed by atoms with Gasteiger partial charge in [-0.25, -0.2) is 8.42 Å². The van der Waals surface area contributed by atoms with Gasteiger partial charge in [-0.15, -0.1) is 0 Å². The smallest absolute Gasteiger partial charge is 0.149 e. The van der Waals surface area contributed by atoms with Gasteiger partial charge in [-0.1, -0.05) is 37.3 Å². The third-order valence-corrected chi connectivity index (χ3v) is 3.25. The molecule has 0 aliphatic heterocycles. The number of nitrogens with one attached hydrogen (secondary N) is 1. The summed E-state index contributed by atoms with van der Waals surface area (Å²) in [5.74, 6) is 0.150. The Kier molecular flexibility index (Phi) is 4.96. The van der Waals surface area contributed by atoms with Gasteiger partial charge in [-0.3, -0.25) is 0 Å². The first-order chi connectivity index (χ1) is 7.53. The summed E-state index contributed by atoms with van der Waals surface area (Å²) in [6.07, 6.45) is 2.27. The average Bonchev–Trinajstić information content (AvgIpc) is 2.24. The molecule has 0 bridgehead atoms. The molecule has 90 valence electrons. The van der Waals surface area contributed by atoms with Gasteiger partial charge in [0.1, 0.15) is 9.84 Å². The minimum absolute atomic E-state index is 0.101. The van der Waals surface area contributed by atoms with E-state index in [1.807, 2.05) is 30.3 Å². The van der Waals surface area contributed by atoms with Crippen LogP contribution in [0.15, 0.2) is 30.3 Å². The van der Waals surface area contributed by atoms with Crippen molar-refractivity contribution in [2.75, 3.05) is 18.6 Å². The van der Waals surface area contributed by atoms with Crippen LogP contribution in [-0.4, -0.2) is 27.0 Å². The van der Waals surface area contributed by atoms with Gasteiger partial charge in [0.15, 0.2) is 0 Å². The summed E-state index contributed by atoms with van der Waals surface area (Å²) in [5.41, 5.74) is 1.03. The van der Waals surface area contributed by atoms with Crippen LogP contribution in [0, 0.1) is 0 Å². The summed E-state index contributed by atoms with van der Waals surface area (Å²) in [4.78, 5) is 0. The highest BCUT2D eigenvalue weighted by Gasteiger charge is 2.15. The summed E-state index contributed by atoms with van der Waals surface area (Å²) >= 11 is 0. The first-order valence-corrected chi connectivity index (χ1v) is 7.55. The van der Waals surface area contributed by atoms with Crippen LogP contribution in [0.25, 0.3) is 0 Å². The number of rotatable bonds is 6. The van der Waals surface area contributed by atoms with Crippen molar-refractivity contribution in [2.45, 2.75) is 19.4 Å². The minimum Gasteiger partial charge on any atom is -0.309 e. The maximum Gasteiger partial charge on any atom is 0.149 e. The molecule has 0 radical (unpaired) electrons. The van der Waals surface area contributed by atoms with Crippen LogP contribution in [0.3, 0.4) is 0 Å². The largest absolute Gasteiger partial charge is 0.309 e. The monoisotopic (exact) mass is 241 g/mol. The fourth-order valence-electron chi connectivity index (χ4n) is 1.58. The van der Waals surface area contributed by atoms with Crippen LogP contribution in [-0.2, 0) is 9.84 Å². The highest BCUT2D eigenvalue weighted by atomic mass is 32.2. The maximum absolute atomic E-state index is 11.3. The molecule has 0 amide bonds. The van der Waals surface area contributed by atoms with E-state index < -0.39 is 9.84 Å². The molecule has 0 aliphatic rings. The van der Waals surface area contributed by atoms with Crippen molar-refractivity contribution in [1.82, 2.24) is 5.32 Å². The molecule has 16 heavy (non-hydrogen) atoms. The van der Waals surface area contributed by atoms with Gasteiger partial charge < -0.3 is 5.32 Å². The van der Waals surface area contributed by atoms with E-state index in [9.17, 15) is 8.42 Å². The van der Waals surface area contributed by atoms with E-state index in [1.54, 1.807) is 0 Å². The van der Waals surface area contributed by atoms with E-state index >= 15 is 0 Å². The highest BCUT2D eigenvalue weighted by Crippen LogP contribution is 2.14. The summed E-state index contributed by atoms with van der Waals surface area (Å²) in [5, 5.41) is 3.26. The van der Waals surface area contributed by atoms with Crippen LogP contribution >= 0.6 is 0 Å². The summed E-state index contributed by atoms with van der Waals surface area (Å²) in [7, 11) is -2.96. The highest BCUT2D eigenvalue weighted by molar-refractivity contribution is 7.90. The molecule has 1 aromatic carbocycles. The zero-order valence-corrected chi connectivity index (χ0v) is 10.6. The molecular weight excluding hydrogens is 222 g/mol. The van der Waals surface area contributed by atoms with Crippen molar-refractivity contribution in [1.29, 1.82) is 0 Å². The van der Waals surface area contributed by atoms with Crippen molar-refractivity contribution in [3.8, 4) is 0 Å². The minimum atomic E-state index is -2.96. The van der Waals surface area contributed by atoms with Crippen molar-refractivity contribution < 1.29 is 8.42 Å². The maximum atomic E-state index is 11.3. The predicted octanol–water partition coefficient (Wildman–Crippen LogP) is 1.77. The molecule has 4 heteroatoms. The van der Waals surface area contributed by atoms with E-state index in [4.69, 9.17) is 0 Å². The molecule has 0 saturated heterocycles. The van der Waals surface area contributed by atoms with Crippen molar-refractivity contribution in [3.63, 3.8) is 0 Å². The van der Waals surface area contributed by atoms with Crippen LogP contribution in [0.4, 0.5) is 0 Å². The van der Waals surface area contributed by atoms with E-state index in [2.05, 4.69) is 12.2 Å². The Morgan fingerprint density at radius 3 is 2.38 bits per heavy atom. The first kappa shape index (κ1) is 13.2. The Bertz CT molecular complexity index is 400.